The largest absolute Gasteiger partial charge is 0.480 e. The molecular formula is C10H14ClNO2. The third-order valence-corrected chi connectivity index (χ3v) is 2.04. The number of aliphatic carboxylic acids is 1. The lowest BCUT2D eigenvalue weighted by Gasteiger charge is -2.10. The Hall–Kier alpha value is -1.06. The smallest absolute Gasteiger partial charge is 0.325 e. The van der Waals surface area contributed by atoms with Crippen LogP contribution in [-0.4, -0.2) is 11.1 Å². The second-order valence-electron chi connectivity index (χ2n) is 3.18. The SMILES string of the molecule is Cc1ccc(C)c([C@@H](N)C(=O)O)c1.Cl. The van der Waals surface area contributed by atoms with Gasteiger partial charge in [-0.1, -0.05) is 23.8 Å². The van der Waals surface area contributed by atoms with Crippen molar-refractivity contribution in [1.82, 2.24) is 0 Å². The first-order chi connectivity index (χ1) is 6.02. The Kier molecular flexibility index (Phi) is 4.60. The topological polar surface area (TPSA) is 63.3 Å². The third-order valence-electron chi connectivity index (χ3n) is 2.04. The average molecular weight is 216 g/mol. The van der Waals surface area contributed by atoms with Gasteiger partial charge < -0.3 is 10.8 Å². The highest BCUT2D eigenvalue weighted by Gasteiger charge is 2.15. The monoisotopic (exact) mass is 215 g/mol. The molecule has 0 amide bonds. The summed E-state index contributed by atoms with van der Waals surface area (Å²) in [5, 5.41) is 8.73. The van der Waals surface area contributed by atoms with Crippen molar-refractivity contribution in [3.63, 3.8) is 0 Å². The van der Waals surface area contributed by atoms with Crippen LogP contribution in [0.3, 0.4) is 0 Å². The first-order valence-electron chi connectivity index (χ1n) is 4.08. The van der Waals surface area contributed by atoms with Crippen molar-refractivity contribution in [2.45, 2.75) is 19.9 Å². The molecule has 0 unspecified atom stereocenters. The zero-order valence-corrected chi connectivity index (χ0v) is 8.97. The molecule has 0 heterocycles. The van der Waals surface area contributed by atoms with Crippen molar-refractivity contribution in [3.05, 3.63) is 34.9 Å². The highest BCUT2D eigenvalue weighted by molar-refractivity contribution is 5.85. The van der Waals surface area contributed by atoms with E-state index in [2.05, 4.69) is 0 Å². The van der Waals surface area contributed by atoms with Crippen LogP contribution in [0.2, 0.25) is 0 Å². The van der Waals surface area contributed by atoms with Crippen LogP contribution >= 0.6 is 12.4 Å². The van der Waals surface area contributed by atoms with Crippen molar-refractivity contribution in [1.29, 1.82) is 0 Å². The molecule has 3 nitrogen and oxygen atoms in total. The Morgan fingerprint density at radius 1 is 1.43 bits per heavy atom. The molecule has 0 spiro atoms. The van der Waals surface area contributed by atoms with Gasteiger partial charge in [0.2, 0.25) is 0 Å². The van der Waals surface area contributed by atoms with Gasteiger partial charge in [0.25, 0.3) is 0 Å². The number of aryl methyl sites for hydroxylation is 2. The predicted octanol–water partition coefficient (Wildman–Crippen LogP) is 1.81. The first-order valence-corrected chi connectivity index (χ1v) is 4.08. The van der Waals surface area contributed by atoms with Crippen LogP contribution in [0.25, 0.3) is 0 Å². The van der Waals surface area contributed by atoms with E-state index in [1.807, 2.05) is 32.0 Å². The maximum atomic E-state index is 10.6. The molecule has 0 aliphatic carbocycles. The van der Waals surface area contributed by atoms with Crippen LogP contribution in [0.1, 0.15) is 22.7 Å². The van der Waals surface area contributed by atoms with E-state index in [0.717, 1.165) is 11.1 Å². The fourth-order valence-electron chi connectivity index (χ4n) is 1.23. The molecule has 0 saturated heterocycles. The summed E-state index contributed by atoms with van der Waals surface area (Å²) in [6.45, 7) is 3.77. The number of carboxylic acid groups (broad SMARTS) is 1. The molecule has 0 radical (unpaired) electrons. The number of rotatable bonds is 2. The fourth-order valence-corrected chi connectivity index (χ4v) is 1.23. The van der Waals surface area contributed by atoms with Gasteiger partial charge in [0.05, 0.1) is 0 Å². The summed E-state index contributed by atoms with van der Waals surface area (Å²) in [5.41, 5.74) is 8.14. The first kappa shape index (κ1) is 12.9. The molecule has 1 rings (SSSR count). The van der Waals surface area contributed by atoms with Gasteiger partial charge in [-0.25, -0.2) is 0 Å². The van der Waals surface area contributed by atoms with Gasteiger partial charge in [0, 0.05) is 0 Å². The number of carbonyl (C=O) groups is 1. The van der Waals surface area contributed by atoms with E-state index in [-0.39, 0.29) is 12.4 Å². The van der Waals surface area contributed by atoms with Gasteiger partial charge in [-0.15, -0.1) is 12.4 Å². The second kappa shape index (κ2) is 4.98. The zero-order chi connectivity index (χ0) is 10.0. The van der Waals surface area contributed by atoms with E-state index in [1.165, 1.54) is 0 Å². The molecule has 78 valence electrons. The summed E-state index contributed by atoms with van der Waals surface area (Å²) in [7, 11) is 0. The van der Waals surface area contributed by atoms with Gasteiger partial charge in [-0.05, 0) is 25.0 Å². The molecule has 0 saturated carbocycles. The molecule has 0 fully saturated rings. The van der Waals surface area contributed by atoms with Crippen LogP contribution in [0.5, 0.6) is 0 Å². The maximum Gasteiger partial charge on any atom is 0.325 e. The predicted molar refractivity (Wildman–Crippen MR) is 57.7 cm³/mol. The number of benzene rings is 1. The lowest BCUT2D eigenvalue weighted by molar-refractivity contribution is -0.138. The molecule has 1 aromatic rings. The van der Waals surface area contributed by atoms with E-state index in [9.17, 15) is 4.79 Å². The van der Waals surface area contributed by atoms with Crippen molar-refractivity contribution < 1.29 is 9.90 Å². The quantitative estimate of drug-likeness (QED) is 0.791. The second-order valence-corrected chi connectivity index (χ2v) is 3.18. The van der Waals surface area contributed by atoms with Gasteiger partial charge in [0.1, 0.15) is 6.04 Å². The lowest BCUT2D eigenvalue weighted by Crippen LogP contribution is -2.21. The molecule has 0 bridgehead atoms. The normalized spacial score (nSPS) is 11.6. The Balaban J connectivity index is 0.00000169. The molecule has 1 aromatic carbocycles. The summed E-state index contributed by atoms with van der Waals surface area (Å²) < 4.78 is 0. The summed E-state index contributed by atoms with van der Waals surface area (Å²) >= 11 is 0. The van der Waals surface area contributed by atoms with E-state index >= 15 is 0 Å². The fraction of sp³-hybridized carbons (Fsp3) is 0.300. The summed E-state index contributed by atoms with van der Waals surface area (Å²) in [5.74, 6) is -0.992. The van der Waals surface area contributed by atoms with Crippen LogP contribution in [0.4, 0.5) is 0 Å². The van der Waals surface area contributed by atoms with Gasteiger partial charge in [-0.3, -0.25) is 4.79 Å². The molecular weight excluding hydrogens is 202 g/mol. The molecule has 1 atom stereocenters. The van der Waals surface area contributed by atoms with Crippen LogP contribution in [0.15, 0.2) is 18.2 Å². The molecule has 14 heavy (non-hydrogen) atoms. The Labute approximate surface area is 89.3 Å². The summed E-state index contributed by atoms with van der Waals surface area (Å²) in [4.78, 5) is 10.6. The number of halogens is 1. The number of hydrogen-bond donors (Lipinski definition) is 2. The Morgan fingerprint density at radius 2 is 2.00 bits per heavy atom. The molecule has 0 aliphatic rings. The Bertz CT molecular complexity index is 339. The van der Waals surface area contributed by atoms with Crippen molar-refractivity contribution in [2.24, 2.45) is 5.73 Å². The molecule has 4 heteroatoms. The zero-order valence-electron chi connectivity index (χ0n) is 8.15. The Morgan fingerprint density at radius 3 is 2.50 bits per heavy atom. The van der Waals surface area contributed by atoms with Crippen LogP contribution in [-0.2, 0) is 4.79 Å². The van der Waals surface area contributed by atoms with Crippen molar-refractivity contribution in [2.75, 3.05) is 0 Å². The average Bonchev–Trinajstić information content (AvgIpc) is 2.08. The van der Waals surface area contributed by atoms with Crippen molar-refractivity contribution in [3.8, 4) is 0 Å². The molecule has 3 N–H and O–H groups in total. The van der Waals surface area contributed by atoms with Gasteiger partial charge in [-0.2, -0.15) is 0 Å². The number of carboxylic acids is 1. The summed E-state index contributed by atoms with van der Waals surface area (Å²) in [6.07, 6.45) is 0. The van der Waals surface area contributed by atoms with Gasteiger partial charge >= 0.3 is 5.97 Å². The highest BCUT2D eigenvalue weighted by Crippen LogP contribution is 2.17. The molecule has 0 aliphatic heterocycles. The van der Waals surface area contributed by atoms with Crippen LogP contribution in [0, 0.1) is 13.8 Å². The number of hydrogen-bond acceptors (Lipinski definition) is 2. The summed E-state index contributed by atoms with van der Waals surface area (Å²) in [6, 6.07) is 4.72. The van der Waals surface area contributed by atoms with E-state index in [0.29, 0.717) is 5.56 Å². The number of nitrogens with two attached hydrogens (primary N) is 1. The minimum Gasteiger partial charge on any atom is -0.480 e. The van der Waals surface area contributed by atoms with Crippen LogP contribution < -0.4 is 5.73 Å². The van der Waals surface area contributed by atoms with Crippen molar-refractivity contribution >= 4 is 18.4 Å². The highest BCUT2D eigenvalue weighted by atomic mass is 35.5. The maximum absolute atomic E-state index is 10.6. The standard InChI is InChI=1S/C10H13NO2.ClH/c1-6-3-4-7(2)8(5-6)9(11)10(12)13;/h3-5,9H,11H2,1-2H3,(H,12,13);1H/t9-;/m1./s1. The van der Waals surface area contributed by atoms with E-state index < -0.39 is 12.0 Å². The van der Waals surface area contributed by atoms with E-state index in [1.54, 1.807) is 0 Å². The van der Waals surface area contributed by atoms with Gasteiger partial charge in [0.15, 0.2) is 0 Å². The third kappa shape index (κ3) is 2.72. The molecule has 0 aromatic heterocycles. The minimum absolute atomic E-state index is 0. The van der Waals surface area contributed by atoms with E-state index in [4.69, 9.17) is 10.8 Å². The lowest BCUT2D eigenvalue weighted by atomic mass is 10.00. The minimum atomic E-state index is -0.992.